The predicted molar refractivity (Wildman–Crippen MR) is 97.9 cm³/mol. The first-order chi connectivity index (χ1) is 13.1. The van der Waals surface area contributed by atoms with Gasteiger partial charge in [0.15, 0.2) is 17.5 Å². The molecule has 0 N–H and O–H groups in total. The lowest BCUT2D eigenvalue weighted by molar-refractivity contribution is 0.0697. The summed E-state index contributed by atoms with van der Waals surface area (Å²) >= 11 is 9.14. The van der Waals surface area contributed by atoms with Crippen LogP contribution in [-0.4, -0.2) is 54.7 Å². The Morgan fingerprint density at radius 2 is 1.75 bits per heavy atom. The molecule has 0 radical (unpaired) electrons. The van der Waals surface area contributed by atoms with Crippen LogP contribution in [0.2, 0.25) is 5.15 Å². The van der Waals surface area contributed by atoms with Crippen LogP contribution in [0.5, 0.6) is 0 Å². The molecule has 3 rings (SSSR count). The molecule has 2 heterocycles. The number of benzene rings is 1. The van der Waals surface area contributed by atoms with E-state index in [4.69, 9.17) is 11.6 Å². The molecule has 0 atom stereocenters. The van der Waals surface area contributed by atoms with Gasteiger partial charge < -0.3 is 4.90 Å². The van der Waals surface area contributed by atoms with Crippen LogP contribution >= 0.6 is 27.5 Å². The molecule has 0 spiro atoms. The van der Waals surface area contributed by atoms with Crippen molar-refractivity contribution in [2.45, 2.75) is 4.90 Å². The molecule has 1 saturated heterocycles. The van der Waals surface area contributed by atoms with Gasteiger partial charge in [-0.3, -0.25) is 4.79 Å². The summed E-state index contributed by atoms with van der Waals surface area (Å²) in [6.07, 6.45) is 1.43. The van der Waals surface area contributed by atoms with E-state index >= 15 is 0 Å². The molecule has 0 unspecified atom stereocenters. The summed E-state index contributed by atoms with van der Waals surface area (Å²) in [7, 11) is -4.39. The number of amides is 1. The van der Waals surface area contributed by atoms with E-state index in [1.54, 1.807) is 0 Å². The molecule has 12 heteroatoms. The Morgan fingerprint density at radius 3 is 2.39 bits per heavy atom. The summed E-state index contributed by atoms with van der Waals surface area (Å²) < 4.78 is 67.0. The summed E-state index contributed by atoms with van der Waals surface area (Å²) in [6.45, 7) is -0.282. The summed E-state index contributed by atoms with van der Waals surface area (Å²) in [6, 6.07) is 2.72. The third kappa shape index (κ3) is 3.88. The minimum atomic E-state index is -4.39. The second kappa shape index (κ2) is 7.97. The number of halogens is 5. The lowest BCUT2D eigenvalue weighted by atomic mass is 10.2. The first-order valence-electron chi connectivity index (χ1n) is 7.87. The highest BCUT2D eigenvalue weighted by Crippen LogP contribution is 2.25. The van der Waals surface area contributed by atoms with E-state index in [0.29, 0.717) is 16.6 Å². The minimum Gasteiger partial charge on any atom is -0.336 e. The summed E-state index contributed by atoms with van der Waals surface area (Å²) in [4.78, 5) is 16.9. The molecule has 0 aliphatic carbocycles. The number of sulfonamides is 1. The SMILES string of the molecule is O=C(c1cc(Br)cnc1Cl)N1CCN(S(=O)(=O)c2ccc(F)c(F)c2F)CC1. The fourth-order valence-corrected chi connectivity index (χ4v) is 4.71. The Labute approximate surface area is 172 Å². The number of nitrogens with zero attached hydrogens (tertiary/aromatic N) is 3. The van der Waals surface area contributed by atoms with Gasteiger partial charge in [-0.25, -0.2) is 26.6 Å². The number of pyridine rings is 1. The van der Waals surface area contributed by atoms with Crippen LogP contribution in [0, 0.1) is 17.5 Å². The Kier molecular flexibility index (Phi) is 5.99. The zero-order valence-electron chi connectivity index (χ0n) is 14.0. The molecule has 1 aromatic carbocycles. The van der Waals surface area contributed by atoms with Crippen LogP contribution in [-0.2, 0) is 10.0 Å². The van der Waals surface area contributed by atoms with Crippen molar-refractivity contribution in [3.8, 4) is 0 Å². The average Bonchev–Trinajstić information content (AvgIpc) is 2.67. The number of hydrogen-bond acceptors (Lipinski definition) is 4. The van der Waals surface area contributed by atoms with Crippen molar-refractivity contribution in [3.63, 3.8) is 0 Å². The number of piperazine rings is 1. The lowest BCUT2D eigenvalue weighted by Gasteiger charge is -2.34. The highest BCUT2D eigenvalue weighted by Gasteiger charge is 2.34. The Hall–Kier alpha value is -1.69. The van der Waals surface area contributed by atoms with E-state index in [0.717, 1.165) is 4.31 Å². The van der Waals surface area contributed by atoms with E-state index in [2.05, 4.69) is 20.9 Å². The lowest BCUT2D eigenvalue weighted by Crippen LogP contribution is -2.50. The molecule has 28 heavy (non-hydrogen) atoms. The van der Waals surface area contributed by atoms with Gasteiger partial charge in [0, 0.05) is 36.8 Å². The maximum atomic E-state index is 13.9. The van der Waals surface area contributed by atoms with E-state index < -0.39 is 38.3 Å². The summed E-state index contributed by atoms with van der Waals surface area (Å²) in [5, 5.41) is 0.00658. The van der Waals surface area contributed by atoms with E-state index in [9.17, 15) is 26.4 Å². The van der Waals surface area contributed by atoms with Crippen molar-refractivity contribution in [2.75, 3.05) is 26.2 Å². The van der Waals surface area contributed by atoms with Gasteiger partial charge in [-0.15, -0.1) is 0 Å². The van der Waals surface area contributed by atoms with Gasteiger partial charge in [-0.1, -0.05) is 11.6 Å². The maximum absolute atomic E-state index is 13.9. The number of hydrogen-bond donors (Lipinski definition) is 0. The van der Waals surface area contributed by atoms with Crippen LogP contribution in [0.15, 0.2) is 33.8 Å². The third-order valence-corrected chi connectivity index (χ3v) is 6.83. The van der Waals surface area contributed by atoms with Gasteiger partial charge in [-0.2, -0.15) is 4.31 Å². The largest absolute Gasteiger partial charge is 0.336 e. The maximum Gasteiger partial charge on any atom is 0.257 e. The van der Waals surface area contributed by atoms with Gasteiger partial charge in [0.2, 0.25) is 10.0 Å². The zero-order chi connectivity index (χ0) is 20.6. The first kappa shape index (κ1) is 21.0. The molecule has 1 aliphatic rings. The Balaban J connectivity index is 1.77. The minimum absolute atomic E-state index is 0.00615. The molecular weight excluding hydrogens is 487 g/mol. The topological polar surface area (TPSA) is 70.6 Å². The monoisotopic (exact) mass is 497 g/mol. The van der Waals surface area contributed by atoms with Crippen LogP contribution in [0.3, 0.4) is 0 Å². The van der Waals surface area contributed by atoms with Crippen molar-refractivity contribution < 1.29 is 26.4 Å². The zero-order valence-corrected chi connectivity index (χ0v) is 17.2. The molecular formula is C16H12BrClF3N3O3S. The number of carbonyl (C=O) groups excluding carboxylic acids is 1. The second-order valence-corrected chi connectivity index (χ2v) is 9.04. The van der Waals surface area contributed by atoms with Crippen molar-refractivity contribution in [1.82, 2.24) is 14.2 Å². The standard InChI is InChI=1S/C16H12BrClF3N3O3S/c17-9-7-10(15(18)22-8-9)16(25)23-3-5-24(6-4-23)28(26,27)12-2-1-11(19)13(20)14(12)21/h1-2,7-8H,3-6H2. The molecule has 1 aromatic heterocycles. The molecule has 0 saturated carbocycles. The highest BCUT2D eigenvalue weighted by molar-refractivity contribution is 9.10. The van der Waals surface area contributed by atoms with Gasteiger partial charge in [0.25, 0.3) is 5.91 Å². The van der Waals surface area contributed by atoms with Gasteiger partial charge in [-0.05, 0) is 34.1 Å². The average molecular weight is 499 g/mol. The Bertz CT molecular complexity index is 1050. The molecule has 6 nitrogen and oxygen atoms in total. The molecule has 0 bridgehead atoms. The Morgan fingerprint density at radius 1 is 1.11 bits per heavy atom. The molecule has 150 valence electrons. The number of carbonyl (C=O) groups is 1. The van der Waals surface area contributed by atoms with Crippen LogP contribution in [0.25, 0.3) is 0 Å². The quantitative estimate of drug-likeness (QED) is 0.482. The summed E-state index contributed by atoms with van der Waals surface area (Å²) in [5.41, 5.74) is 0.152. The molecule has 1 amide bonds. The smallest absolute Gasteiger partial charge is 0.257 e. The molecule has 1 fully saturated rings. The van der Waals surface area contributed by atoms with Crippen LogP contribution in [0.4, 0.5) is 13.2 Å². The van der Waals surface area contributed by atoms with Gasteiger partial charge in [0.1, 0.15) is 10.0 Å². The van der Waals surface area contributed by atoms with E-state index in [1.807, 2.05) is 0 Å². The van der Waals surface area contributed by atoms with Crippen LogP contribution < -0.4 is 0 Å². The van der Waals surface area contributed by atoms with Gasteiger partial charge in [0.05, 0.1) is 5.56 Å². The molecule has 2 aromatic rings. The van der Waals surface area contributed by atoms with Gasteiger partial charge >= 0.3 is 0 Å². The van der Waals surface area contributed by atoms with Crippen molar-refractivity contribution in [3.05, 3.63) is 57.0 Å². The predicted octanol–water partition coefficient (Wildman–Crippen LogP) is 3.06. The van der Waals surface area contributed by atoms with E-state index in [-0.39, 0.29) is 36.9 Å². The normalized spacial score (nSPS) is 15.7. The fraction of sp³-hybridized carbons (Fsp3) is 0.250. The molecule has 1 aliphatic heterocycles. The van der Waals surface area contributed by atoms with Crippen molar-refractivity contribution >= 4 is 43.5 Å². The summed E-state index contributed by atoms with van der Waals surface area (Å²) in [5.74, 6) is -5.54. The van der Waals surface area contributed by atoms with Crippen molar-refractivity contribution in [1.29, 1.82) is 0 Å². The number of rotatable bonds is 3. The van der Waals surface area contributed by atoms with Crippen molar-refractivity contribution in [2.24, 2.45) is 0 Å². The third-order valence-electron chi connectivity index (χ3n) is 4.18. The second-order valence-electron chi connectivity index (χ2n) is 5.86. The number of aromatic nitrogens is 1. The van der Waals surface area contributed by atoms with E-state index in [1.165, 1.54) is 17.2 Å². The highest BCUT2D eigenvalue weighted by atomic mass is 79.9. The first-order valence-corrected chi connectivity index (χ1v) is 10.5. The van der Waals surface area contributed by atoms with Crippen LogP contribution in [0.1, 0.15) is 10.4 Å². The fourth-order valence-electron chi connectivity index (χ4n) is 2.72.